The van der Waals surface area contributed by atoms with Gasteiger partial charge in [0.05, 0.1) is 12.4 Å². The second-order valence-electron chi connectivity index (χ2n) is 3.23. The maximum absolute atomic E-state index is 3.95. The van der Waals surface area contributed by atoms with Crippen molar-refractivity contribution >= 4 is 0 Å². The van der Waals surface area contributed by atoms with Gasteiger partial charge in [-0.05, 0) is 6.92 Å². The number of nitrogens with one attached hydrogen (secondary N) is 3. The molecule has 0 saturated carbocycles. The summed E-state index contributed by atoms with van der Waals surface area (Å²) in [6.07, 6.45) is 5.54. The smallest absolute Gasteiger partial charge is 0.0535 e. The van der Waals surface area contributed by atoms with Crippen molar-refractivity contribution in [2.75, 3.05) is 0 Å². The van der Waals surface area contributed by atoms with Crippen molar-refractivity contribution in [1.29, 1.82) is 0 Å². The maximum atomic E-state index is 3.95. The van der Waals surface area contributed by atoms with Crippen LogP contribution in [-0.2, 0) is 13.1 Å². The highest BCUT2D eigenvalue weighted by atomic mass is 15.1. The summed E-state index contributed by atoms with van der Waals surface area (Å²) in [5.74, 6) is 0. The highest BCUT2D eigenvalue weighted by Gasteiger charge is 1.99. The zero-order valence-electron chi connectivity index (χ0n) is 8.04. The van der Waals surface area contributed by atoms with E-state index in [0.29, 0.717) is 0 Å². The van der Waals surface area contributed by atoms with Gasteiger partial charge in [0, 0.05) is 36.1 Å². The van der Waals surface area contributed by atoms with Crippen LogP contribution in [0, 0.1) is 6.92 Å². The fourth-order valence-corrected chi connectivity index (χ4v) is 1.27. The number of hydrogen-bond donors (Lipinski definition) is 3. The maximum Gasteiger partial charge on any atom is 0.0535 e. The van der Waals surface area contributed by atoms with E-state index >= 15 is 0 Å². The minimum atomic E-state index is 0.821. The molecule has 5 nitrogen and oxygen atoms in total. The van der Waals surface area contributed by atoms with E-state index in [2.05, 4.69) is 25.7 Å². The van der Waals surface area contributed by atoms with Crippen LogP contribution in [0.2, 0.25) is 0 Å². The molecule has 0 atom stereocenters. The molecule has 2 rings (SSSR count). The van der Waals surface area contributed by atoms with Gasteiger partial charge in [-0.25, -0.2) is 0 Å². The van der Waals surface area contributed by atoms with Crippen molar-refractivity contribution in [3.8, 4) is 0 Å². The molecule has 0 unspecified atom stereocenters. The lowest BCUT2D eigenvalue weighted by Gasteiger charge is -2.00. The Morgan fingerprint density at radius 1 is 1.29 bits per heavy atom. The van der Waals surface area contributed by atoms with Crippen molar-refractivity contribution in [3.63, 3.8) is 0 Å². The third kappa shape index (κ3) is 2.00. The Morgan fingerprint density at radius 2 is 2.21 bits per heavy atom. The van der Waals surface area contributed by atoms with Crippen LogP contribution in [-0.4, -0.2) is 20.4 Å². The molecule has 0 aliphatic heterocycles. The average molecular weight is 191 g/mol. The number of aromatic amines is 2. The van der Waals surface area contributed by atoms with Crippen molar-refractivity contribution in [2.45, 2.75) is 20.0 Å². The summed E-state index contributed by atoms with van der Waals surface area (Å²) in [5.41, 5.74) is 3.48. The van der Waals surface area contributed by atoms with Crippen LogP contribution in [0.3, 0.4) is 0 Å². The van der Waals surface area contributed by atoms with Gasteiger partial charge in [0.25, 0.3) is 0 Å². The normalized spacial score (nSPS) is 10.6. The van der Waals surface area contributed by atoms with E-state index in [0.717, 1.165) is 24.3 Å². The predicted octanol–water partition coefficient (Wildman–Crippen LogP) is 0.731. The Morgan fingerprint density at radius 3 is 2.86 bits per heavy atom. The summed E-state index contributed by atoms with van der Waals surface area (Å²) in [4.78, 5) is 0. The van der Waals surface area contributed by atoms with Gasteiger partial charge in [0.1, 0.15) is 0 Å². The lowest BCUT2D eigenvalue weighted by molar-refractivity contribution is 0.691. The van der Waals surface area contributed by atoms with E-state index in [1.54, 1.807) is 0 Å². The molecular weight excluding hydrogens is 178 g/mol. The molecule has 0 aliphatic rings. The van der Waals surface area contributed by atoms with Crippen LogP contribution >= 0.6 is 0 Å². The zero-order valence-corrected chi connectivity index (χ0v) is 8.04. The number of hydrogen-bond acceptors (Lipinski definition) is 3. The monoisotopic (exact) mass is 191 g/mol. The summed E-state index contributed by atoms with van der Waals surface area (Å²) in [5, 5.41) is 16.8. The van der Waals surface area contributed by atoms with Crippen LogP contribution in [0.25, 0.3) is 0 Å². The van der Waals surface area contributed by atoms with Crippen LogP contribution in [0.5, 0.6) is 0 Å². The van der Waals surface area contributed by atoms with E-state index < -0.39 is 0 Å². The van der Waals surface area contributed by atoms with Crippen LogP contribution in [0.15, 0.2) is 18.6 Å². The highest BCUT2D eigenvalue weighted by molar-refractivity contribution is 5.14. The molecule has 0 fully saturated rings. The fraction of sp³-hybridized carbons (Fsp3) is 0.333. The van der Waals surface area contributed by atoms with Crippen LogP contribution in [0.4, 0.5) is 0 Å². The van der Waals surface area contributed by atoms with Gasteiger partial charge in [-0.15, -0.1) is 0 Å². The summed E-state index contributed by atoms with van der Waals surface area (Å²) in [6.45, 7) is 3.66. The molecule has 0 bridgehead atoms. The van der Waals surface area contributed by atoms with Gasteiger partial charge in [0.15, 0.2) is 0 Å². The Bertz CT molecular complexity index is 376. The summed E-state index contributed by atoms with van der Waals surface area (Å²) < 4.78 is 0. The second kappa shape index (κ2) is 4.06. The standard InChI is InChI=1S/C9H13N5/c1-7-9(6-13-14-7)5-10-2-8-3-11-12-4-8/h3-4,6,10H,2,5H2,1H3,(H,11,12)(H,13,14). The van der Waals surface area contributed by atoms with Gasteiger partial charge >= 0.3 is 0 Å². The topological polar surface area (TPSA) is 69.4 Å². The average Bonchev–Trinajstić information content (AvgIpc) is 2.78. The SMILES string of the molecule is Cc1[nH]ncc1CNCc1cn[nH]c1. The molecule has 74 valence electrons. The molecule has 0 aromatic carbocycles. The quantitative estimate of drug-likeness (QED) is 0.667. The Balaban J connectivity index is 1.81. The number of aryl methyl sites for hydroxylation is 1. The molecule has 0 aliphatic carbocycles. The van der Waals surface area contributed by atoms with Gasteiger partial charge in [-0.1, -0.05) is 0 Å². The number of nitrogens with zero attached hydrogens (tertiary/aromatic N) is 2. The fourth-order valence-electron chi connectivity index (χ4n) is 1.27. The van der Waals surface area contributed by atoms with Crippen LogP contribution in [0.1, 0.15) is 16.8 Å². The first kappa shape index (κ1) is 8.96. The lowest BCUT2D eigenvalue weighted by Crippen LogP contribution is -2.12. The predicted molar refractivity (Wildman–Crippen MR) is 52.5 cm³/mol. The molecule has 5 heteroatoms. The molecule has 14 heavy (non-hydrogen) atoms. The Labute approximate surface area is 81.9 Å². The first-order valence-electron chi connectivity index (χ1n) is 4.53. The van der Waals surface area contributed by atoms with Crippen molar-refractivity contribution in [3.05, 3.63) is 35.4 Å². The van der Waals surface area contributed by atoms with Crippen molar-refractivity contribution in [2.24, 2.45) is 0 Å². The number of H-pyrrole nitrogens is 2. The van der Waals surface area contributed by atoms with E-state index in [1.807, 2.05) is 25.5 Å². The second-order valence-corrected chi connectivity index (χ2v) is 3.23. The minimum Gasteiger partial charge on any atom is -0.308 e. The first-order valence-corrected chi connectivity index (χ1v) is 4.53. The summed E-state index contributed by atoms with van der Waals surface area (Å²) >= 11 is 0. The molecule has 2 aromatic heterocycles. The zero-order chi connectivity index (χ0) is 9.80. The molecule has 0 amide bonds. The minimum absolute atomic E-state index is 0.821. The molecule has 0 spiro atoms. The molecule has 2 aromatic rings. The largest absolute Gasteiger partial charge is 0.308 e. The number of rotatable bonds is 4. The summed E-state index contributed by atoms with van der Waals surface area (Å²) in [6, 6.07) is 0. The van der Waals surface area contributed by atoms with Crippen molar-refractivity contribution < 1.29 is 0 Å². The van der Waals surface area contributed by atoms with E-state index in [9.17, 15) is 0 Å². The summed E-state index contributed by atoms with van der Waals surface area (Å²) in [7, 11) is 0. The van der Waals surface area contributed by atoms with Gasteiger partial charge in [-0.3, -0.25) is 10.2 Å². The third-order valence-corrected chi connectivity index (χ3v) is 2.13. The third-order valence-electron chi connectivity index (χ3n) is 2.13. The van der Waals surface area contributed by atoms with E-state index in [4.69, 9.17) is 0 Å². The molecule has 3 N–H and O–H groups in total. The van der Waals surface area contributed by atoms with E-state index in [1.165, 1.54) is 5.56 Å². The van der Waals surface area contributed by atoms with Crippen LogP contribution < -0.4 is 5.32 Å². The first-order chi connectivity index (χ1) is 6.86. The molecule has 0 radical (unpaired) electrons. The van der Waals surface area contributed by atoms with E-state index in [-0.39, 0.29) is 0 Å². The number of aromatic nitrogens is 4. The van der Waals surface area contributed by atoms with Gasteiger partial charge < -0.3 is 5.32 Å². The molecule has 0 saturated heterocycles. The van der Waals surface area contributed by atoms with Crippen molar-refractivity contribution in [1.82, 2.24) is 25.7 Å². The van der Waals surface area contributed by atoms with Gasteiger partial charge in [-0.2, -0.15) is 10.2 Å². The van der Waals surface area contributed by atoms with Gasteiger partial charge in [0.2, 0.25) is 0 Å². The highest BCUT2D eigenvalue weighted by Crippen LogP contribution is 2.02. The molecule has 2 heterocycles. The molecular formula is C9H13N5. The Hall–Kier alpha value is -1.62. The Kier molecular flexibility index (Phi) is 2.60. The lowest BCUT2D eigenvalue weighted by atomic mass is 10.2.